The van der Waals surface area contributed by atoms with Crippen LogP contribution >= 0.6 is 0 Å². The van der Waals surface area contributed by atoms with Gasteiger partial charge in [0, 0.05) is 12.0 Å². The zero-order valence-corrected chi connectivity index (χ0v) is 25.7. The van der Waals surface area contributed by atoms with Crippen LogP contribution in [0.3, 0.4) is 0 Å². The molecule has 4 N–H and O–H groups in total. The van der Waals surface area contributed by atoms with Gasteiger partial charge in [0.15, 0.2) is 23.7 Å². The molecule has 0 aromatic heterocycles. The van der Waals surface area contributed by atoms with Crippen LogP contribution in [0, 0.1) is 11.8 Å². The summed E-state index contributed by atoms with van der Waals surface area (Å²) in [6.45, 7) is 2.36. The van der Waals surface area contributed by atoms with Gasteiger partial charge < -0.3 is 44.4 Å². The second kappa shape index (κ2) is 12.4. The molecule has 14 nitrogen and oxygen atoms in total. The van der Waals surface area contributed by atoms with Gasteiger partial charge in [-0.2, -0.15) is 0 Å². The van der Waals surface area contributed by atoms with Crippen LogP contribution in [0.25, 0.3) is 0 Å². The number of nitrogens with one attached hydrogen (secondary N) is 1. The van der Waals surface area contributed by atoms with Crippen molar-refractivity contribution in [3.8, 4) is 11.5 Å². The monoisotopic (exact) mass is 643 g/mol. The van der Waals surface area contributed by atoms with Gasteiger partial charge in [0.2, 0.25) is 0 Å². The summed E-state index contributed by atoms with van der Waals surface area (Å²) in [7, 11) is 1.52. The molecule has 3 aliphatic carbocycles. The van der Waals surface area contributed by atoms with E-state index in [0.29, 0.717) is 24.3 Å². The third kappa shape index (κ3) is 5.59. The average Bonchev–Trinajstić information content (AvgIpc) is 3.32. The number of ketones is 1. The largest absolute Gasteiger partial charge is 0.493 e. The quantitative estimate of drug-likeness (QED) is 0.225. The van der Waals surface area contributed by atoms with Crippen molar-refractivity contribution in [3.05, 3.63) is 35.1 Å². The molecular weight excluding hydrogens is 606 g/mol. The predicted octanol–water partition coefficient (Wildman–Crippen LogP) is 1.57. The Kier molecular flexibility index (Phi) is 8.86. The molecule has 46 heavy (non-hydrogen) atoms. The minimum Gasteiger partial charge on any atom is -0.493 e. The maximum Gasteiger partial charge on any atom is 0.326 e. The number of carbonyl (C=O) groups is 6. The van der Waals surface area contributed by atoms with Crippen LogP contribution in [0.2, 0.25) is 0 Å². The Balaban J connectivity index is 1.31. The highest BCUT2D eigenvalue weighted by atomic mass is 16.6. The smallest absolute Gasteiger partial charge is 0.326 e. The van der Waals surface area contributed by atoms with Gasteiger partial charge in [-0.15, -0.1) is 0 Å². The summed E-state index contributed by atoms with van der Waals surface area (Å²) in [6, 6.07) is 2.05. The van der Waals surface area contributed by atoms with Crippen LogP contribution < -0.4 is 14.8 Å². The molecule has 1 spiro atoms. The van der Waals surface area contributed by atoms with Gasteiger partial charge in [-0.05, 0) is 63.2 Å². The molecule has 14 heteroatoms. The molecule has 2 bridgehead atoms. The summed E-state index contributed by atoms with van der Waals surface area (Å²) in [5.74, 6) is -6.68. The number of carbonyl (C=O) groups excluding carboxylic acids is 4. The summed E-state index contributed by atoms with van der Waals surface area (Å²) in [5.41, 5.74) is -0.0682. The minimum absolute atomic E-state index is 0.0171. The van der Waals surface area contributed by atoms with Gasteiger partial charge in [-0.25, -0.2) is 4.79 Å². The fourth-order valence-corrected chi connectivity index (χ4v) is 7.63. The highest BCUT2D eigenvalue weighted by molar-refractivity contribution is 5.91. The number of rotatable bonds is 13. The lowest BCUT2D eigenvalue weighted by Crippen LogP contribution is -2.67. The molecule has 1 aromatic carbocycles. The molecule has 7 atom stereocenters. The van der Waals surface area contributed by atoms with Crippen LogP contribution in [0.5, 0.6) is 11.5 Å². The van der Waals surface area contributed by atoms with E-state index in [0.717, 1.165) is 30.9 Å². The van der Waals surface area contributed by atoms with Crippen molar-refractivity contribution in [2.45, 2.75) is 94.5 Å². The normalized spacial score (nSPS) is 27.0. The Labute approximate surface area is 264 Å². The van der Waals surface area contributed by atoms with E-state index < -0.39 is 90.0 Å². The van der Waals surface area contributed by atoms with E-state index >= 15 is 0 Å². The number of benzene rings is 1. The second-order valence-corrected chi connectivity index (χ2v) is 12.5. The maximum absolute atomic E-state index is 13.3. The lowest BCUT2D eigenvalue weighted by Gasteiger charge is -2.59. The summed E-state index contributed by atoms with van der Waals surface area (Å²) >= 11 is 0. The lowest BCUT2D eigenvalue weighted by atomic mass is 9.47. The number of esters is 2. The van der Waals surface area contributed by atoms with Crippen LogP contribution in [0.4, 0.5) is 0 Å². The van der Waals surface area contributed by atoms with E-state index in [1.54, 1.807) is 6.08 Å². The Hall–Kier alpha value is -4.46. The van der Waals surface area contributed by atoms with E-state index in [9.17, 15) is 39.0 Å². The number of Topliss-reactive ketones (excluding diaryl/α,β-unsaturated/α-hetero) is 1. The molecule has 4 aliphatic rings. The second-order valence-electron chi connectivity index (χ2n) is 12.5. The molecule has 0 saturated heterocycles. The molecule has 1 aliphatic heterocycles. The van der Waals surface area contributed by atoms with Crippen molar-refractivity contribution in [3.63, 3.8) is 0 Å². The average molecular weight is 644 g/mol. The van der Waals surface area contributed by atoms with Crippen molar-refractivity contribution >= 4 is 35.6 Å². The van der Waals surface area contributed by atoms with Crippen molar-refractivity contribution in [2.75, 3.05) is 7.11 Å². The summed E-state index contributed by atoms with van der Waals surface area (Å²) in [4.78, 5) is 73.0. The number of carboxylic acids is 2. The minimum atomic E-state index is -1.77. The SMILES string of the molecule is COc1ccc2c3c1O[C@@H]1C(OC(=O)C[C@H](CC(C)=O)C(=O)O[C@@H](C)C(=O)N[C@@H](CC(=O)O)C(=O)O)=CC[C@]4(O)[C@@H](CCC[C@@]314)C2. The number of amides is 1. The first-order valence-corrected chi connectivity index (χ1v) is 15.2. The number of methoxy groups -OCH3 is 1. The van der Waals surface area contributed by atoms with Crippen molar-refractivity contribution in [1.82, 2.24) is 5.32 Å². The third-order valence-electron chi connectivity index (χ3n) is 9.64. The molecule has 5 rings (SSSR count). The zero-order valence-electron chi connectivity index (χ0n) is 25.7. The number of hydrogen-bond acceptors (Lipinski definition) is 11. The molecule has 1 saturated carbocycles. The van der Waals surface area contributed by atoms with Gasteiger partial charge in [0.1, 0.15) is 17.6 Å². The van der Waals surface area contributed by atoms with E-state index in [4.69, 9.17) is 24.1 Å². The van der Waals surface area contributed by atoms with Gasteiger partial charge in [-0.1, -0.05) is 12.5 Å². The van der Waals surface area contributed by atoms with Gasteiger partial charge in [-0.3, -0.25) is 19.2 Å². The van der Waals surface area contributed by atoms with E-state index in [-0.39, 0.29) is 18.1 Å². The van der Waals surface area contributed by atoms with Gasteiger partial charge >= 0.3 is 23.9 Å². The van der Waals surface area contributed by atoms with E-state index in [1.807, 2.05) is 17.4 Å². The maximum atomic E-state index is 13.3. The van der Waals surface area contributed by atoms with Gasteiger partial charge in [0.25, 0.3) is 5.91 Å². The van der Waals surface area contributed by atoms with Crippen molar-refractivity contribution in [1.29, 1.82) is 0 Å². The first-order chi connectivity index (χ1) is 21.7. The highest BCUT2D eigenvalue weighted by Gasteiger charge is 2.71. The molecular formula is C32H37NO13. The van der Waals surface area contributed by atoms with Crippen molar-refractivity contribution < 1.29 is 63.0 Å². The van der Waals surface area contributed by atoms with Crippen LogP contribution in [-0.4, -0.2) is 81.8 Å². The Morgan fingerprint density at radius 1 is 1.11 bits per heavy atom. The molecule has 0 radical (unpaired) electrons. The van der Waals surface area contributed by atoms with E-state index in [2.05, 4.69) is 0 Å². The fraction of sp³-hybridized carbons (Fsp3) is 0.562. The number of aliphatic hydroxyl groups is 1. The predicted molar refractivity (Wildman–Crippen MR) is 155 cm³/mol. The van der Waals surface area contributed by atoms with Gasteiger partial charge in [0.05, 0.1) is 36.9 Å². The van der Waals surface area contributed by atoms with Crippen molar-refractivity contribution in [2.24, 2.45) is 11.8 Å². The van der Waals surface area contributed by atoms with E-state index in [1.165, 1.54) is 14.0 Å². The molecule has 0 unspecified atom stereocenters. The van der Waals surface area contributed by atoms with Crippen LogP contribution in [0.1, 0.15) is 69.9 Å². The first kappa shape index (κ1) is 32.9. The highest BCUT2D eigenvalue weighted by Crippen LogP contribution is 2.67. The molecule has 1 aromatic rings. The van der Waals surface area contributed by atoms with Crippen LogP contribution in [-0.2, 0) is 50.1 Å². The molecule has 1 amide bonds. The molecule has 1 heterocycles. The number of carboxylic acid groups (broad SMARTS) is 2. The third-order valence-corrected chi connectivity index (χ3v) is 9.64. The number of hydrogen-bond donors (Lipinski definition) is 4. The topological polar surface area (TPSA) is 212 Å². The Morgan fingerprint density at radius 3 is 2.50 bits per heavy atom. The number of aliphatic carboxylic acids is 2. The lowest BCUT2D eigenvalue weighted by molar-refractivity contribution is -0.165. The standard InChI is InChI=1S/C32H37NO13/c1-15(34)11-18(30(41)44-16(2)28(38)33-20(29(39)40)14-23(35)36)13-24(37)45-22-8-10-32(42)19-5-4-9-31(32)25-17(12-19)6-7-21(43-3)26(25)46-27(22)31/h6-8,16,18-20,27,42H,4-5,9-14H2,1-3H3,(H,33,38)(H,35,36)(H,39,40)/t16-,18-,19-,20-,27+,31+,32-/m0/s1. The first-order valence-electron chi connectivity index (χ1n) is 15.2. The number of ether oxygens (including phenoxy) is 4. The summed E-state index contributed by atoms with van der Waals surface area (Å²) < 4.78 is 23.0. The zero-order chi connectivity index (χ0) is 33.6. The fourth-order valence-electron chi connectivity index (χ4n) is 7.63. The Bertz CT molecular complexity index is 1520. The summed E-state index contributed by atoms with van der Waals surface area (Å²) in [6.07, 6.45) is 0.535. The van der Waals surface area contributed by atoms with Crippen LogP contribution in [0.15, 0.2) is 24.0 Å². The molecule has 1 fully saturated rings. The summed E-state index contributed by atoms with van der Waals surface area (Å²) in [5, 5.41) is 32.3. The Morgan fingerprint density at radius 2 is 1.85 bits per heavy atom. The molecule has 248 valence electrons.